The molecule has 3 rings (SSSR count). The number of anilines is 1. The van der Waals surface area contributed by atoms with Crippen molar-refractivity contribution in [3.05, 3.63) is 42.5 Å². The topological polar surface area (TPSA) is 66.5 Å². The van der Waals surface area contributed by atoms with Crippen LogP contribution < -0.4 is 9.62 Å². The molecule has 0 aromatic heterocycles. The minimum absolute atomic E-state index is 0.0753. The molecule has 2 saturated carbocycles. The summed E-state index contributed by atoms with van der Waals surface area (Å²) >= 11 is 0. The molecule has 5 nitrogen and oxygen atoms in total. The Balaban J connectivity index is 1.69. The smallest absolute Gasteiger partial charge is 0.251 e. The first-order valence-corrected chi connectivity index (χ1v) is 10.2. The van der Waals surface area contributed by atoms with E-state index in [1.165, 1.54) is 29.6 Å². The summed E-state index contributed by atoms with van der Waals surface area (Å²) in [7, 11) is -3.38. The molecule has 3 atom stereocenters. The monoisotopic (exact) mass is 348 g/mol. The Morgan fingerprint density at radius 2 is 2.00 bits per heavy atom. The molecule has 0 radical (unpaired) electrons. The number of hydrogen-bond donors (Lipinski definition) is 1. The van der Waals surface area contributed by atoms with Crippen LogP contribution in [0.15, 0.2) is 36.9 Å². The van der Waals surface area contributed by atoms with Crippen LogP contribution >= 0.6 is 0 Å². The molecular weight excluding hydrogens is 324 g/mol. The summed E-state index contributed by atoms with van der Waals surface area (Å²) in [6, 6.07) is 6.99. The fourth-order valence-corrected chi connectivity index (χ4v) is 4.88. The summed E-state index contributed by atoms with van der Waals surface area (Å²) in [6.45, 7) is 3.79. The Labute approximate surface area is 143 Å². The minimum atomic E-state index is -3.38. The largest absolute Gasteiger partial charge is 0.349 e. The van der Waals surface area contributed by atoms with Gasteiger partial charge in [-0.05, 0) is 55.4 Å². The normalized spacial score (nSPS) is 25.5. The molecule has 1 amide bonds. The zero-order valence-corrected chi connectivity index (χ0v) is 14.8. The average Bonchev–Trinajstić information content (AvgIpc) is 3.14. The van der Waals surface area contributed by atoms with Crippen LogP contribution in [0.1, 0.15) is 36.0 Å². The highest BCUT2D eigenvalue weighted by atomic mass is 32.2. The van der Waals surface area contributed by atoms with Crippen molar-refractivity contribution in [3.63, 3.8) is 0 Å². The molecule has 1 aromatic carbocycles. The maximum atomic E-state index is 12.4. The van der Waals surface area contributed by atoms with Crippen molar-refractivity contribution in [2.24, 2.45) is 11.8 Å². The van der Waals surface area contributed by atoms with Crippen LogP contribution in [0.3, 0.4) is 0 Å². The summed E-state index contributed by atoms with van der Waals surface area (Å²) in [6.07, 6.45) is 7.56. The number of amides is 1. The molecule has 0 aliphatic heterocycles. The second-order valence-corrected chi connectivity index (χ2v) is 8.79. The third kappa shape index (κ3) is 3.48. The lowest BCUT2D eigenvalue weighted by Gasteiger charge is -2.23. The standard InChI is InChI=1S/C18H24N2O3S/c1-3-10-20(24(2,22)23)16-8-6-14(7-9-16)18(21)19-17-12-13-4-5-15(17)11-13/h3,6-9,13,15,17H,1,4-5,10-12H2,2H3,(H,19,21)/t13-,15-,17+/m0/s1. The predicted molar refractivity (Wildman–Crippen MR) is 95.5 cm³/mol. The summed E-state index contributed by atoms with van der Waals surface area (Å²) < 4.78 is 24.9. The number of carbonyl (C=O) groups is 1. The van der Waals surface area contributed by atoms with Crippen LogP contribution in [0.4, 0.5) is 5.69 Å². The van der Waals surface area contributed by atoms with E-state index in [4.69, 9.17) is 0 Å². The van der Waals surface area contributed by atoms with Gasteiger partial charge in [0.15, 0.2) is 0 Å². The van der Waals surface area contributed by atoms with Crippen molar-refractivity contribution in [2.45, 2.75) is 31.7 Å². The first kappa shape index (κ1) is 17.0. The minimum Gasteiger partial charge on any atom is -0.349 e. The van der Waals surface area contributed by atoms with Crippen LogP contribution in [0, 0.1) is 11.8 Å². The van der Waals surface area contributed by atoms with Gasteiger partial charge in [0.2, 0.25) is 10.0 Å². The van der Waals surface area contributed by atoms with Gasteiger partial charge in [-0.3, -0.25) is 9.10 Å². The molecule has 2 aliphatic carbocycles. The van der Waals surface area contributed by atoms with E-state index >= 15 is 0 Å². The molecule has 0 heterocycles. The molecule has 0 unspecified atom stereocenters. The summed E-state index contributed by atoms with van der Waals surface area (Å²) in [4.78, 5) is 12.4. The Hall–Kier alpha value is -1.82. The van der Waals surface area contributed by atoms with Crippen molar-refractivity contribution in [3.8, 4) is 0 Å². The molecule has 0 spiro atoms. The highest BCUT2D eigenvalue weighted by Crippen LogP contribution is 2.44. The number of nitrogens with one attached hydrogen (secondary N) is 1. The molecule has 2 fully saturated rings. The van der Waals surface area contributed by atoms with E-state index in [0.29, 0.717) is 23.2 Å². The average molecular weight is 348 g/mol. The molecular formula is C18H24N2O3S. The van der Waals surface area contributed by atoms with Gasteiger partial charge in [0, 0.05) is 11.6 Å². The second-order valence-electron chi connectivity index (χ2n) is 6.88. The molecule has 2 aliphatic rings. The number of carbonyl (C=O) groups excluding carboxylic acids is 1. The summed E-state index contributed by atoms with van der Waals surface area (Å²) in [5.41, 5.74) is 1.10. The highest BCUT2D eigenvalue weighted by Gasteiger charge is 2.40. The van der Waals surface area contributed by atoms with Gasteiger partial charge < -0.3 is 5.32 Å². The van der Waals surface area contributed by atoms with E-state index in [1.807, 2.05) is 0 Å². The first-order chi connectivity index (χ1) is 11.4. The van der Waals surface area contributed by atoms with Gasteiger partial charge in [-0.25, -0.2) is 8.42 Å². The lowest BCUT2D eigenvalue weighted by molar-refractivity contribution is 0.0923. The summed E-state index contributed by atoms with van der Waals surface area (Å²) in [5.74, 6) is 1.34. The van der Waals surface area contributed by atoms with E-state index in [-0.39, 0.29) is 12.5 Å². The molecule has 0 saturated heterocycles. The van der Waals surface area contributed by atoms with Crippen molar-refractivity contribution in [2.75, 3.05) is 17.1 Å². The number of benzene rings is 1. The van der Waals surface area contributed by atoms with Crippen LogP contribution in [-0.2, 0) is 10.0 Å². The SMILES string of the molecule is C=CCN(c1ccc(C(=O)N[C@@H]2C[C@H]3CC[C@H]2C3)cc1)S(C)(=O)=O. The van der Waals surface area contributed by atoms with E-state index < -0.39 is 10.0 Å². The van der Waals surface area contributed by atoms with Gasteiger partial charge in [-0.15, -0.1) is 6.58 Å². The zero-order chi connectivity index (χ0) is 17.3. The highest BCUT2D eigenvalue weighted by molar-refractivity contribution is 7.92. The van der Waals surface area contributed by atoms with Crippen molar-refractivity contribution in [1.82, 2.24) is 5.32 Å². The van der Waals surface area contributed by atoms with Gasteiger partial charge >= 0.3 is 0 Å². The maximum Gasteiger partial charge on any atom is 0.251 e. The molecule has 1 N–H and O–H groups in total. The Morgan fingerprint density at radius 1 is 1.29 bits per heavy atom. The fourth-order valence-electron chi connectivity index (χ4n) is 4.00. The van der Waals surface area contributed by atoms with E-state index in [1.54, 1.807) is 24.3 Å². The number of fused-ring (bicyclic) bond motifs is 2. The van der Waals surface area contributed by atoms with Crippen LogP contribution in [0.5, 0.6) is 0 Å². The van der Waals surface area contributed by atoms with Gasteiger partial charge in [0.1, 0.15) is 0 Å². The first-order valence-electron chi connectivity index (χ1n) is 8.38. The molecule has 130 valence electrons. The molecule has 6 heteroatoms. The molecule has 24 heavy (non-hydrogen) atoms. The Morgan fingerprint density at radius 3 is 2.50 bits per heavy atom. The van der Waals surface area contributed by atoms with Gasteiger partial charge in [-0.2, -0.15) is 0 Å². The quantitative estimate of drug-likeness (QED) is 0.804. The van der Waals surface area contributed by atoms with Crippen LogP contribution in [-0.4, -0.2) is 33.2 Å². The van der Waals surface area contributed by atoms with E-state index in [0.717, 1.165) is 18.6 Å². The predicted octanol–water partition coefficient (Wildman–Crippen LogP) is 2.56. The van der Waals surface area contributed by atoms with E-state index in [2.05, 4.69) is 11.9 Å². The van der Waals surface area contributed by atoms with Crippen molar-refractivity contribution in [1.29, 1.82) is 0 Å². The molecule has 2 bridgehead atoms. The van der Waals surface area contributed by atoms with Crippen molar-refractivity contribution >= 4 is 21.6 Å². The lowest BCUT2D eigenvalue weighted by Crippen LogP contribution is -2.38. The third-order valence-corrected chi connectivity index (χ3v) is 6.33. The maximum absolute atomic E-state index is 12.4. The van der Waals surface area contributed by atoms with E-state index in [9.17, 15) is 13.2 Å². The van der Waals surface area contributed by atoms with Gasteiger partial charge in [-0.1, -0.05) is 12.5 Å². The lowest BCUT2D eigenvalue weighted by atomic mass is 9.95. The fraction of sp³-hybridized carbons (Fsp3) is 0.500. The molecule has 1 aromatic rings. The number of hydrogen-bond acceptors (Lipinski definition) is 3. The van der Waals surface area contributed by atoms with Crippen LogP contribution in [0.2, 0.25) is 0 Å². The number of sulfonamides is 1. The number of rotatable bonds is 6. The summed E-state index contributed by atoms with van der Waals surface area (Å²) in [5, 5.41) is 3.14. The van der Waals surface area contributed by atoms with Crippen LogP contribution in [0.25, 0.3) is 0 Å². The number of nitrogens with zero attached hydrogens (tertiary/aromatic N) is 1. The van der Waals surface area contributed by atoms with Gasteiger partial charge in [0.25, 0.3) is 5.91 Å². The van der Waals surface area contributed by atoms with Crippen molar-refractivity contribution < 1.29 is 13.2 Å². The Bertz CT molecular complexity index is 727. The second kappa shape index (κ2) is 6.59. The Kier molecular flexibility index (Phi) is 4.67. The third-order valence-electron chi connectivity index (χ3n) is 5.17. The van der Waals surface area contributed by atoms with Gasteiger partial charge in [0.05, 0.1) is 18.5 Å². The zero-order valence-electron chi connectivity index (χ0n) is 13.9.